The molecule has 0 radical (unpaired) electrons. The van der Waals surface area contributed by atoms with Crippen molar-refractivity contribution in [1.29, 1.82) is 0 Å². The van der Waals surface area contributed by atoms with Gasteiger partial charge in [0.05, 0.1) is 16.7 Å². The molecule has 1 fully saturated rings. The van der Waals surface area contributed by atoms with E-state index in [-0.39, 0.29) is 22.5 Å². The lowest BCUT2D eigenvalue weighted by molar-refractivity contribution is -0.125. The smallest absolute Gasteiger partial charge is 0.152 e. The van der Waals surface area contributed by atoms with Crippen molar-refractivity contribution in [3.05, 3.63) is 51.5 Å². The van der Waals surface area contributed by atoms with E-state index in [2.05, 4.69) is 68.9 Å². The molecule has 4 rings (SSSR count). The third-order valence-electron chi connectivity index (χ3n) is 8.50. The zero-order valence-electron chi connectivity index (χ0n) is 24.4. The number of thiol groups is 1. The summed E-state index contributed by atoms with van der Waals surface area (Å²) in [5, 5.41) is 3.44. The zero-order chi connectivity index (χ0) is 28.1. The average Bonchev–Trinajstić information content (AvgIpc) is 3.41. The van der Waals surface area contributed by atoms with E-state index in [4.69, 9.17) is 10.7 Å². The van der Waals surface area contributed by atoms with Gasteiger partial charge in [0.2, 0.25) is 0 Å². The third-order valence-corrected chi connectivity index (χ3v) is 9.51. The third kappa shape index (κ3) is 7.05. The Hall–Kier alpha value is -1.76. The minimum Gasteiger partial charge on any atom is -0.321 e. The summed E-state index contributed by atoms with van der Waals surface area (Å²) in [7, 11) is 0. The highest BCUT2D eigenvalue weighted by Gasteiger charge is 2.37. The number of fused-ring (bicyclic) bond motifs is 1. The number of hydrogen-bond acceptors (Lipinski definition) is 6. The average molecular weight is 554 g/mol. The van der Waals surface area contributed by atoms with Crippen LogP contribution in [-0.4, -0.2) is 29.3 Å². The summed E-state index contributed by atoms with van der Waals surface area (Å²) in [6.45, 7) is 13.4. The Kier molecular flexibility index (Phi) is 10.6. The van der Waals surface area contributed by atoms with Gasteiger partial charge >= 0.3 is 0 Å². The van der Waals surface area contributed by atoms with Crippen LogP contribution in [0.5, 0.6) is 0 Å². The molecule has 6 heteroatoms. The van der Waals surface area contributed by atoms with Crippen LogP contribution in [0.2, 0.25) is 0 Å². The molecule has 1 aromatic heterocycles. The van der Waals surface area contributed by atoms with Gasteiger partial charge in [-0.15, -0.1) is 11.3 Å². The number of rotatable bonds is 7. The Labute approximate surface area is 240 Å². The summed E-state index contributed by atoms with van der Waals surface area (Å²) < 4.78 is 0. The van der Waals surface area contributed by atoms with Crippen molar-refractivity contribution in [3.63, 3.8) is 0 Å². The molecule has 4 nitrogen and oxygen atoms in total. The van der Waals surface area contributed by atoms with Crippen molar-refractivity contribution < 1.29 is 4.79 Å². The van der Waals surface area contributed by atoms with Crippen LogP contribution in [0.25, 0.3) is 11.3 Å². The van der Waals surface area contributed by atoms with Gasteiger partial charge in [0.15, 0.2) is 5.78 Å². The molecule has 1 saturated carbocycles. The maximum atomic E-state index is 13.0. The number of benzene rings is 1. The maximum absolute atomic E-state index is 13.0. The molecule has 2 N–H and O–H groups in total. The molecule has 2 aromatic rings. The maximum Gasteiger partial charge on any atom is 0.152 e. The minimum atomic E-state index is -0.431. The fourth-order valence-electron chi connectivity index (χ4n) is 5.99. The van der Waals surface area contributed by atoms with Crippen LogP contribution in [0.3, 0.4) is 0 Å². The van der Waals surface area contributed by atoms with Crippen molar-refractivity contribution in [2.24, 2.45) is 16.6 Å². The van der Waals surface area contributed by atoms with E-state index in [1.807, 2.05) is 13.8 Å². The van der Waals surface area contributed by atoms with Gasteiger partial charge in [-0.25, -0.2) is 4.98 Å². The van der Waals surface area contributed by atoms with E-state index < -0.39 is 6.04 Å². The number of aromatic nitrogens is 1. The lowest BCUT2D eigenvalue weighted by Gasteiger charge is -2.42. The fourth-order valence-corrected chi connectivity index (χ4v) is 6.99. The molecule has 0 amide bonds. The van der Waals surface area contributed by atoms with Gasteiger partial charge < -0.3 is 5.73 Å². The Morgan fingerprint density at radius 3 is 2.39 bits per heavy atom. The molecule has 0 saturated heterocycles. The number of aliphatic imine (C=N–C) groups is 1. The molecule has 2 aliphatic carbocycles. The zero-order valence-corrected chi connectivity index (χ0v) is 26.1. The normalized spacial score (nSPS) is 23.3. The first-order chi connectivity index (χ1) is 18.0. The van der Waals surface area contributed by atoms with Gasteiger partial charge in [-0.2, -0.15) is 12.6 Å². The van der Waals surface area contributed by atoms with Crippen LogP contribution >= 0.6 is 24.0 Å². The summed E-state index contributed by atoms with van der Waals surface area (Å²) in [6.07, 6.45) is 12.1. The van der Waals surface area contributed by atoms with Crippen molar-refractivity contribution >= 4 is 36.0 Å². The van der Waals surface area contributed by atoms with Gasteiger partial charge in [0.1, 0.15) is 0 Å². The van der Waals surface area contributed by atoms with Crippen LogP contribution in [0.4, 0.5) is 0 Å². The summed E-state index contributed by atoms with van der Waals surface area (Å²) in [5.41, 5.74) is 13.0. The SMILES string of the molecule is CC=N/C=C(\C)CC(N)C(=O)C1CCC(c2nc(-c3ccc4c(c3)C(C)(C)CCC4(C)C)cs2)CC1.CS. The van der Waals surface area contributed by atoms with Crippen molar-refractivity contribution in [1.82, 2.24) is 4.98 Å². The molecule has 38 heavy (non-hydrogen) atoms. The number of nitrogens with two attached hydrogens (primary N) is 1. The molecule has 0 bridgehead atoms. The molecule has 0 aliphatic heterocycles. The molecule has 1 aromatic carbocycles. The van der Waals surface area contributed by atoms with Gasteiger partial charge in [-0.1, -0.05) is 45.4 Å². The molecule has 2 aliphatic rings. The highest BCUT2D eigenvalue weighted by Crippen LogP contribution is 2.47. The van der Waals surface area contributed by atoms with Crippen molar-refractivity contribution in [2.75, 3.05) is 6.26 Å². The minimum absolute atomic E-state index is 0.0735. The van der Waals surface area contributed by atoms with Crippen LogP contribution in [0.15, 0.2) is 40.3 Å². The number of Topliss-reactive ketones (excluding diaryl/α,β-unsaturated/α-hetero) is 1. The first-order valence-electron chi connectivity index (χ1n) is 14.0. The number of nitrogens with zero attached hydrogens (tertiary/aromatic N) is 2. The molecular weight excluding hydrogens is 507 g/mol. The van der Waals surface area contributed by atoms with Gasteiger partial charge in [-0.05, 0) is 93.1 Å². The molecule has 1 atom stereocenters. The Bertz CT molecular complexity index is 1150. The lowest BCUT2D eigenvalue weighted by Crippen LogP contribution is -2.37. The molecule has 1 unspecified atom stereocenters. The molecule has 1 heterocycles. The van der Waals surface area contributed by atoms with E-state index in [0.29, 0.717) is 12.3 Å². The predicted molar refractivity (Wildman–Crippen MR) is 168 cm³/mol. The van der Waals surface area contributed by atoms with Crippen LogP contribution < -0.4 is 5.73 Å². The monoisotopic (exact) mass is 553 g/mol. The highest BCUT2D eigenvalue weighted by molar-refractivity contribution is 7.79. The van der Waals surface area contributed by atoms with Gasteiger partial charge in [-0.3, -0.25) is 9.79 Å². The van der Waals surface area contributed by atoms with E-state index in [9.17, 15) is 4.79 Å². The molecular formula is C32H47N3OS2. The van der Waals surface area contributed by atoms with E-state index in [0.717, 1.165) is 37.0 Å². The second kappa shape index (κ2) is 13.1. The number of hydrogen-bond donors (Lipinski definition) is 2. The van der Waals surface area contributed by atoms with Crippen LogP contribution in [0.1, 0.15) is 109 Å². The van der Waals surface area contributed by atoms with Gasteiger partial charge in [0, 0.05) is 35.2 Å². The van der Waals surface area contributed by atoms with E-state index >= 15 is 0 Å². The van der Waals surface area contributed by atoms with E-state index in [1.165, 1.54) is 34.5 Å². The first kappa shape index (κ1) is 30.8. The largest absolute Gasteiger partial charge is 0.321 e. The summed E-state index contributed by atoms with van der Waals surface area (Å²) in [6, 6.07) is 6.57. The number of ketones is 1. The molecule has 0 spiro atoms. The quantitative estimate of drug-likeness (QED) is 0.268. The van der Waals surface area contributed by atoms with Crippen molar-refractivity contribution in [3.8, 4) is 11.3 Å². The standard InChI is InChI=1S/C31H43N3OS.CH4S/c1-7-33-18-20(2)16-26(32)28(35)21-8-10-22(11-9-21)29-34-27(19-36-29)23-12-13-24-25(17-23)31(5,6)15-14-30(24,3)4;1-2/h7,12-13,17-19,21-22,26H,8-11,14-16,32H2,1-6H3;2H,1H3/b20-18+,33-7?;. The number of thiazole rings is 1. The van der Waals surface area contributed by atoms with Gasteiger partial charge in [0.25, 0.3) is 0 Å². The topological polar surface area (TPSA) is 68.3 Å². The molecule has 208 valence electrons. The van der Waals surface area contributed by atoms with Crippen molar-refractivity contribution in [2.45, 2.75) is 109 Å². The van der Waals surface area contributed by atoms with Crippen LogP contribution in [-0.2, 0) is 15.6 Å². The second-order valence-corrected chi connectivity index (χ2v) is 13.1. The van der Waals surface area contributed by atoms with E-state index in [1.54, 1.807) is 30.0 Å². The van der Waals surface area contributed by atoms with Crippen LogP contribution in [0, 0.1) is 5.92 Å². The summed E-state index contributed by atoms with van der Waals surface area (Å²) >= 11 is 5.31. The number of carbonyl (C=O) groups excluding carboxylic acids is 1. The number of carbonyl (C=O) groups is 1. The highest BCUT2D eigenvalue weighted by atomic mass is 32.1. The predicted octanol–water partition coefficient (Wildman–Crippen LogP) is 8.26. The Balaban J connectivity index is 0.00000195. The summed E-state index contributed by atoms with van der Waals surface area (Å²) in [5.74, 6) is 0.725. The fraction of sp³-hybridized carbons (Fsp3) is 0.594. The first-order valence-corrected chi connectivity index (χ1v) is 15.8. The summed E-state index contributed by atoms with van der Waals surface area (Å²) in [4.78, 5) is 22.2. The second-order valence-electron chi connectivity index (χ2n) is 12.2. The Morgan fingerprint density at radius 1 is 1.13 bits per heavy atom. The Morgan fingerprint density at radius 2 is 1.76 bits per heavy atom. The lowest BCUT2D eigenvalue weighted by atomic mass is 9.63.